The average Bonchev–Trinajstić information content (AvgIpc) is 2.71. The van der Waals surface area contributed by atoms with E-state index in [1.165, 1.54) is 12.1 Å². The van der Waals surface area contributed by atoms with Crippen LogP contribution < -0.4 is 20.4 Å². The number of nitrogens with zero attached hydrogens (tertiary/aromatic N) is 2. The van der Waals surface area contributed by atoms with Gasteiger partial charge in [-0.3, -0.25) is 14.5 Å². The number of piperazine rings is 1. The standard InChI is InChI=1S/C19H19F3N4O3/c20-19(21,22)13-5-6-16(24-11-13)25-7-9-26(10-8-25)17(27)12-29-15-4-2-1-3-14(15)18(23)28/h1-6,11H,7-10,12H2,(H2,23,28)/p+1. The van der Waals surface area contributed by atoms with Gasteiger partial charge in [0, 0.05) is 6.07 Å². The van der Waals surface area contributed by atoms with E-state index >= 15 is 0 Å². The molecule has 2 amide bonds. The third kappa shape index (κ3) is 4.95. The van der Waals surface area contributed by atoms with Crippen molar-refractivity contribution in [2.75, 3.05) is 37.7 Å². The molecule has 0 bridgehead atoms. The monoisotopic (exact) mass is 409 g/mol. The molecule has 1 fully saturated rings. The van der Waals surface area contributed by atoms with Crippen LogP contribution in [0, 0.1) is 0 Å². The lowest BCUT2D eigenvalue weighted by atomic mass is 10.2. The summed E-state index contributed by atoms with van der Waals surface area (Å²) in [5.74, 6) is -0.0992. The molecule has 1 aliphatic heterocycles. The maximum Gasteiger partial charge on any atom is 0.419 e. The molecule has 10 heteroatoms. The van der Waals surface area contributed by atoms with Crippen LogP contribution in [0.5, 0.6) is 5.75 Å². The van der Waals surface area contributed by atoms with Gasteiger partial charge >= 0.3 is 6.18 Å². The molecule has 29 heavy (non-hydrogen) atoms. The van der Waals surface area contributed by atoms with E-state index in [-0.39, 0.29) is 23.8 Å². The molecule has 1 aromatic heterocycles. The minimum absolute atomic E-state index is 0.197. The molecule has 0 saturated carbocycles. The zero-order chi connectivity index (χ0) is 21.0. The van der Waals surface area contributed by atoms with Crippen molar-refractivity contribution in [2.45, 2.75) is 6.18 Å². The number of hydrogen-bond acceptors (Lipinski definition) is 4. The number of benzene rings is 1. The van der Waals surface area contributed by atoms with E-state index in [0.29, 0.717) is 32.0 Å². The van der Waals surface area contributed by atoms with Crippen LogP contribution in [0.3, 0.4) is 0 Å². The molecule has 2 aromatic rings. The molecule has 2 heterocycles. The predicted molar refractivity (Wildman–Crippen MR) is 97.2 cm³/mol. The predicted octanol–water partition coefficient (Wildman–Crippen LogP) is 1.35. The van der Waals surface area contributed by atoms with E-state index in [1.807, 2.05) is 4.90 Å². The first kappa shape index (κ1) is 20.4. The molecule has 1 aromatic carbocycles. The summed E-state index contributed by atoms with van der Waals surface area (Å²) in [6.45, 7) is 1.48. The number of carbonyl (C=O) groups excluding carboxylic acids is 2. The number of aromatic nitrogens is 1. The number of nitrogens with one attached hydrogen (secondary N) is 1. The lowest BCUT2D eigenvalue weighted by molar-refractivity contribution is -0.367. The van der Waals surface area contributed by atoms with Gasteiger partial charge in [0.2, 0.25) is 0 Å². The molecule has 0 unspecified atom stereocenters. The van der Waals surface area contributed by atoms with E-state index in [1.54, 1.807) is 23.1 Å². The summed E-state index contributed by atoms with van der Waals surface area (Å²) >= 11 is 0. The highest BCUT2D eigenvalue weighted by Crippen LogP contribution is 2.28. The number of nitrogens with two attached hydrogens (primary N) is 1. The summed E-state index contributed by atoms with van der Waals surface area (Å²) in [6, 6.07) is 8.79. The topological polar surface area (TPSA) is 90.0 Å². The van der Waals surface area contributed by atoms with Crippen molar-refractivity contribution in [3.8, 4) is 5.75 Å². The Morgan fingerprint density at radius 3 is 2.34 bits per heavy atom. The third-order valence-electron chi connectivity index (χ3n) is 4.60. The van der Waals surface area contributed by atoms with Gasteiger partial charge in [-0.25, -0.2) is 4.98 Å². The van der Waals surface area contributed by atoms with Gasteiger partial charge in [-0.1, -0.05) is 12.1 Å². The third-order valence-corrected chi connectivity index (χ3v) is 4.60. The number of alkyl halides is 3. The van der Waals surface area contributed by atoms with Crippen LogP contribution in [-0.2, 0) is 11.0 Å². The van der Waals surface area contributed by atoms with Gasteiger partial charge in [0.1, 0.15) is 25.0 Å². The largest absolute Gasteiger partial charge is 0.483 e. The Morgan fingerprint density at radius 1 is 1.07 bits per heavy atom. The summed E-state index contributed by atoms with van der Waals surface area (Å²) < 4.78 is 43.4. The fourth-order valence-electron chi connectivity index (χ4n) is 3.01. The highest BCUT2D eigenvalue weighted by molar-refractivity contribution is 5.95. The van der Waals surface area contributed by atoms with E-state index in [4.69, 9.17) is 10.5 Å². The quantitative estimate of drug-likeness (QED) is 0.807. The van der Waals surface area contributed by atoms with Crippen LogP contribution in [0.4, 0.5) is 19.0 Å². The Balaban J connectivity index is 1.53. The molecule has 7 nitrogen and oxygen atoms in total. The van der Waals surface area contributed by atoms with Crippen LogP contribution in [0.1, 0.15) is 15.9 Å². The van der Waals surface area contributed by atoms with Crippen molar-refractivity contribution >= 4 is 17.6 Å². The number of pyridine rings is 1. The maximum absolute atomic E-state index is 12.7. The number of carbonyl (C=O) groups is 2. The normalized spacial score (nSPS) is 14.6. The Labute approximate surface area is 164 Å². The first-order valence-corrected chi connectivity index (χ1v) is 8.89. The first-order chi connectivity index (χ1) is 13.8. The van der Waals surface area contributed by atoms with Crippen molar-refractivity contribution in [1.29, 1.82) is 0 Å². The van der Waals surface area contributed by atoms with Crippen molar-refractivity contribution < 1.29 is 32.5 Å². The Kier molecular flexibility index (Phi) is 5.90. The van der Waals surface area contributed by atoms with E-state index in [2.05, 4.69) is 4.98 Å². The number of hydrogen-bond donors (Lipinski definition) is 1. The smallest absolute Gasteiger partial charge is 0.419 e. The Bertz CT molecular complexity index is 879. The highest BCUT2D eigenvalue weighted by Gasteiger charge is 2.33. The van der Waals surface area contributed by atoms with E-state index < -0.39 is 17.6 Å². The highest BCUT2D eigenvalue weighted by atomic mass is 19.4. The zero-order valence-electron chi connectivity index (χ0n) is 15.4. The number of anilines is 1. The summed E-state index contributed by atoms with van der Waals surface area (Å²) in [7, 11) is 0. The number of para-hydroxylation sites is 1. The minimum atomic E-state index is -4.40. The molecule has 154 valence electrons. The van der Waals surface area contributed by atoms with Gasteiger partial charge in [-0.2, -0.15) is 13.2 Å². The summed E-state index contributed by atoms with van der Waals surface area (Å²) in [5.41, 5.74) is 4.73. The number of primary amides is 1. The molecule has 0 aliphatic carbocycles. The second kappa shape index (κ2) is 8.38. The molecule has 0 spiro atoms. The maximum atomic E-state index is 12.7. The molecule has 0 atom stereocenters. The van der Waals surface area contributed by atoms with Gasteiger partial charge in [-0.05, 0) is 18.2 Å². The SMILES string of the molecule is NC(=O)c1ccccc1OCC(=O)N1CCN(c2ccc(C(F)(F)F)c[nH+]2)CC1. The van der Waals surface area contributed by atoms with Crippen LogP contribution >= 0.6 is 0 Å². The van der Waals surface area contributed by atoms with Gasteiger partial charge in [0.05, 0.1) is 24.2 Å². The fourth-order valence-corrected chi connectivity index (χ4v) is 3.01. The number of ether oxygens (including phenoxy) is 1. The van der Waals surface area contributed by atoms with Crippen LogP contribution in [0.15, 0.2) is 42.6 Å². The van der Waals surface area contributed by atoms with E-state index in [0.717, 1.165) is 12.3 Å². The zero-order valence-corrected chi connectivity index (χ0v) is 15.4. The number of aromatic amines is 1. The molecule has 3 rings (SSSR count). The lowest BCUT2D eigenvalue weighted by Crippen LogP contribution is -2.51. The average molecular weight is 409 g/mol. The van der Waals surface area contributed by atoms with Gasteiger partial charge < -0.3 is 15.4 Å². The Morgan fingerprint density at radius 2 is 1.76 bits per heavy atom. The van der Waals surface area contributed by atoms with Gasteiger partial charge in [0.25, 0.3) is 17.6 Å². The number of rotatable bonds is 5. The van der Waals surface area contributed by atoms with E-state index in [9.17, 15) is 22.8 Å². The molecule has 3 N–H and O–H groups in total. The van der Waals surface area contributed by atoms with Crippen LogP contribution in [0.2, 0.25) is 0 Å². The van der Waals surface area contributed by atoms with Crippen molar-refractivity contribution in [3.63, 3.8) is 0 Å². The van der Waals surface area contributed by atoms with Crippen LogP contribution in [-0.4, -0.2) is 49.5 Å². The second-order valence-electron chi connectivity index (χ2n) is 6.48. The number of halogens is 3. The molecule has 1 saturated heterocycles. The van der Waals surface area contributed by atoms with Crippen molar-refractivity contribution in [3.05, 3.63) is 53.7 Å². The van der Waals surface area contributed by atoms with Gasteiger partial charge in [-0.15, -0.1) is 0 Å². The lowest BCUT2D eigenvalue weighted by Gasteiger charge is -2.31. The summed E-state index contributed by atoms with van der Waals surface area (Å²) in [4.78, 5) is 29.9. The van der Waals surface area contributed by atoms with Gasteiger partial charge in [0.15, 0.2) is 6.61 Å². The van der Waals surface area contributed by atoms with Crippen LogP contribution in [0.25, 0.3) is 0 Å². The number of amides is 2. The molecular formula is C19H20F3N4O3+. The molecule has 1 aliphatic rings. The molecular weight excluding hydrogens is 389 g/mol. The fraction of sp³-hybridized carbons (Fsp3) is 0.316. The molecule has 0 radical (unpaired) electrons. The first-order valence-electron chi connectivity index (χ1n) is 8.89. The second-order valence-corrected chi connectivity index (χ2v) is 6.48. The minimum Gasteiger partial charge on any atom is -0.483 e. The van der Waals surface area contributed by atoms with Crippen molar-refractivity contribution in [2.24, 2.45) is 5.73 Å². The Hall–Kier alpha value is -3.30. The van der Waals surface area contributed by atoms with Crippen molar-refractivity contribution in [1.82, 2.24) is 4.90 Å². The summed E-state index contributed by atoms with van der Waals surface area (Å²) in [6.07, 6.45) is -3.47. The number of H-pyrrole nitrogens is 1. The summed E-state index contributed by atoms with van der Waals surface area (Å²) in [5, 5.41) is 0.